The smallest absolute Gasteiger partial charge is 0.0843 e. The molecule has 0 unspecified atom stereocenters. The summed E-state index contributed by atoms with van der Waals surface area (Å²) in [4.78, 5) is 0. The first-order valence-corrected chi connectivity index (χ1v) is 9.15. The van der Waals surface area contributed by atoms with E-state index in [0.717, 1.165) is 5.02 Å². The minimum atomic E-state index is 0.185. The molecular weight excluding hydrogens is 335 g/mol. The van der Waals surface area contributed by atoms with Gasteiger partial charge in [-0.05, 0) is 23.3 Å². The average Bonchev–Trinajstić information content (AvgIpc) is 2.71. The van der Waals surface area contributed by atoms with E-state index in [1.165, 1.54) is 27.5 Å². The Kier molecular flexibility index (Phi) is 4.90. The zero-order valence-corrected chi connectivity index (χ0v) is 15.1. The first-order chi connectivity index (χ1) is 12.8. The molecule has 0 bridgehead atoms. The highest BCUT2D eigenvalue weighted by Gasteiger charge is 2.24. The minimum absolute atomic E-state index is 0.185. The van der Waals surface area contributed by atoms with Crippen LogP contribution in [0.4, 0.5) is 0 Å². The van der Waals surface area contributed by atoms with Crippen molar-refractivity contribution >= 4 is 34.7 Å². The molecule has 0 heterocycles. The summed E-state index contributed by atoms with van der Waals surface area (Å²) < 4.78 is 0. The third kappa shape index (κ3) is 3.45. The van der Waals surface area contributed by atoms with Crippen molar-refractivity contribution in [1.29, 1.82) is 0 Å². The number of rotatable bonds is 4. The summed E-state index contributed by atoms with van der Waals surface area (Å²) in [6, 6.07) is 38.1. The van der Waals surface area contributed by atoms with Gasteiger partial charge in [-0.3, -0.25) is 0 Å². The molecule has 2 heteroatoms. The van der Waals surface area contributed by atoms with Crippen molar-refractivity contribution in [1.82, 2.24) is 0 Å². The lowest BCUT2D eigenvalue weighted by molar-refractivity contribution is 1.64. The maximum absolute atomic E-state index is 6.09. The Balaban J connectivity index is 1.91. The van der Waals surface area contributed by atoms with E-state index in [4.69, 9.17) is 11.6 Å². The van der Waals surface area contributed by atoms with Crippen LogP contribution in [0.1, 0.15) is 0 Å². The highest BCUT2D eigenvalue weighted by molar-refractivity contribution is 6.96. The van der Waals surface area contributed by atoms with Gasteiger partial charge in [-0.1, -0.05) is 125 Å². The number of halogens is 1. The van der Waals surface area contributed by atoms with Gasteiger partial charge >= 0.3 is 0 Å². The standard InChI is InChI=1S/C24H18BCl/c26-22-17-15-19(16-18-22)23-13-7-8-14-24(23)25(20-9-3-1-4-10-20)21-11-5-2-6-12-21/h1-18H. The van der Waals surface area contributed by atoms with E-state index in [1.807, 2.05) is 12.1 Å². The normalized spacial score (nSPS) is 10.5. The molecule has 0 aliphatic heterocycles. The van der Waals surface area contributed by atoms with Gasteiger partial charge < -0.3 is 0 Å². The molecule has 4 rings (SSSR count). The Morgan fingerprint density at radius 1 is 0.500 bits per heavy atom. The van der Waals surface area contributed by atoms with Gasteiger partial charge in [0.15, 0.2) is 0 Å². The van der Waals surface area contributed by atoms with Crippen LogP contribution in [0.15, 0.2) is 109 Å². The average molecular weight is 353 g/mol. The van der Waals surface area contributed by atoms with Crippen LogP contribution >= 0.6 is 11.6 Å². The van der Waals surface area contributed by atoms with Gasteiger partial charge in [-0.2, -0.15) is 0 Å². The van der Waals surface area contributed by atoms with Crippen molar-refractivity contribution in [3.05, 3.63) is 114 Å². The molecule has 0 fully saturated rings. The Hall–Kier alpha value is -2.77. The first kappa shape index (κ1) is 16.7. The van der Waals surface area contributed by atoms with E-state index >= 15 is 0 Å². The molecule has 0 radical (unpaired) electrons. The Morgan fingerprint density at radius 3 is 1.58 bits per heavy atom. The van der Waals surface area contributed by atoms with Crippen molar-refractivity contribution in [2.75, 3.05) is 0 Å². The second-order valence-electron chi connectivity index (χ2n) is 6.35. The molecule has 0 saturated heterocycles. The van der Waals surface area contributed by atoms with Gasteiger partial charge in [0, 0.05) is 5.02 Å². The van der Waals surface area contributed by atoms with Crippen LogP contribution in [-0.4, -0.2) is 6.71 Å². The van der Waals surface area contributed by atoms with Crippen LogP contribution in [0.5, 0.6) is 0 Å². The molecule has 0 aromatic heterocycles. The summed E-state index contributed by atoms with van der Waals surface area (Å²) in [5, 5.41) is 0.758. The van der Waals surface area contributed by atoms with E-state index in [9.17, 15) is 0 Å². The Labute approximate surface area is 160 Å². The molecule has 0 nitrogen and oxygen atoms in total. The topological polar surface area (TPSA) is 0 Å². The maximum Gasteiger partial charge on any atom is 0.241 e. The zero-order chi connectivity index (χ0) is 17.8. The third-order valence-corrected chi connectivity index (χ3v) is 4.94. The largest absolute Gasteiger partial charge is 0.241 e. The van der Waals surface area contributed by atoms with Crippen molar-refractivity contribution in [3.63, 3.8) is 0 Å². The van der Waals surface area contributed by atoms with Gasteiger partial charge in [0.2, 0.25) is 6.71 Å². The van der Waals surface area contributed by atoms with Gasteiger partial charge in [0.1, 0.15) is 0 Å². The lowest BCUT2D eigenvalue weighted by Gasteiger charge is -2.19. The number of hydrogen-bond donors (Lipinski definition) is 0. The Bertz CT molecular complexity index is 940. The summed E-state index contributed by atoms with van der Waals surface area (Å²) in [6.45, 7) is 0.185. The molecule has 0 saturated carbocycles. The van der Waals surface area contributed by atoms with Gasteiger partial charge in [0.05, 0.1) is 0 Å². The number of benzene rings is 4. The highest BCUT2D eigenvalue weighted by Crippen LogP contribution is 2.20. The lowest BCUT2D eigenvalue weighted by Crippen LogP contribution is -2.52. The van der Waals surface area contributed by atoms with E-state index in [0.29, 0.717) is 0 Å². The first-order valence-electron chi connectivity index (χ1n) is 8.78. The van der Waals surface area contributed by atoms with E-state index < -0.39 is 0 Å². The summed E-state index contributed by atoms with van der Waals surface area (Å²) >= 11 is 6.09. The summed E-state index contributed by atoms with van der Waals surface area (Å²) in [5.74, 6) is 0. The van der Waals surface area contributed by atoms with Gasteiger partial charge in [-0.15, -0.1) is 0 Å². The minimum Gasteiger partial charge on any atom is -0.0843 e. The van der Waals surface area contributed by atoms with Crippen LogP contribution in [0, 0.1) is 0 Å². The summed E-state index contributed by atoms with van der Waals surface area (Å²) in [6.07, 6.45) is 0. The SMILES string of the molecule is Clc1ccc(-c2ccccc2B(c2ccccc2)c2ccccc2)cc1. The molecule has 0 aliphatic carbocycles. The molecule has 124 valence electrons. The van der Waals surface area contributed by atoms with Crippen molar-refractivity contribution in [2.45, 2.75) is 0 Å². The molecule has 0 N–H and O–H groups in total. The fourth-order valence-corrected chi connectivity index (χ4v) is 3.61. The molecule has 0 aliphatic rings. The van der Waals surface area contributed by atoms with E-state index in [2.05, 4.69) is 97.1 Å². The molecule has 4 aromatic rings. The lowest BCUT2D eigenvalue weighted by atomic mass is 9.36. The summed E-state index contributed by atoms with van der Waals surface area (Å²) in [5.41, 5.74) is 6.30. The highest BCUT2D eigenvalue weighted by atomic mass is 35.5. The van der Waals surface area contributed by atoms with Crippen molar-refractivity contribution in [3.8, 4) is 11.1 Å². The van der Waals surface area contributed by atoms with Gasteiger partial charge in [0.25, 0.3) is 0 Å². The predicted octanol–water partition coefficient (Wildman–Crippen LogP) is 4.52. The van der Waals surface area contributed by atoms with Crippen LogP contribution in [0.2, 0.25) is 5.02 Å². The van der Waals surface area contributed by atoms with E-state index in [-0.39, 0.29) is 6.71 Å². The maximum atomic E-state index is 6.09. The fourth-order valence-electron chi connectivity index (χ4n) is 3.48. The van der Waals surface area contributed by atoms with Crippen LogP contribution in [0.25, 0.3) is 11.1 Å². The van der Waals surface area contributed by atoms with Gasteiger partial charge in [-0.25, -0.2) is 0 Å². The summed E-state index contributed by atoms with van der Waals surface area (Å²) in [7, 11) is 0. The molecular formula is C24H18BCl. The second kappa shape index (κ2) is 7.64. The molecule has 0 atom stereocenters. The monoisotopic (exact) mass is 352 g/mol. The van der Waals surface area contributed by atoms with Crippen LogP contribution in [0.3, 0.4) is 0 Å². The fraction of sp³-hybridized carbons (Fsp3) is 0. The second-order valence-corrected chi connectivity index (χ2v) is 6.78. The van der Waals surface area contributed by atoms with Crippen LogP contribution < -0.4 is 16.4 Å². The molecule has 4 aromatic carbocycles. The molecule has 0 amide bonds. The van der Waals surface area contributed by atoms with Crippen molar-refractivity contribution < 1.29 is 0 Å². The zero-order valence-electron chi connectivity index (χ0n) is 14.3. The quantitative estimate of drug-likeness (QED) is 0.474. The number of hydrogen-bond acceptors (Lipinski definition) is 0. The predicted molar refractivity (Wildman–Crippen MR) is 114 cm³/mol. The molecule has 26 heavy (non-hydrogen) atoms. The van der Waals surface area contributed by atoms with Crippen molar-refractivity contribution in [2.24, 2.45) is 0 Å². The Morgan fingerprint density at radius 2 is 1.00 bits per heavy atom. The van der Waals surface area contributed by atoms with E-state index in [1.54, 1.807) is 0 Å². The van der Waals surface area contributed by atoms with Crippen LogP contribution in [-0.2, 0) is 0 Å². The molecule has 0 spiro atoms. The third-order valence-electron chi connectivity index (χ3n) is 4.69.